The van der Waals surface area contributed by atoms with Crippen LogP contribution >= 0.6 is 46.4 Å². The molecule has 0 bridgehead atoms. The molecule has 13 heavy (non-hydrogen) atoms. The van der Waals surface area contributed by atoms with Crippen molar-refractivity contribution >= 4 is 52.4 Å². The van der Waals surface area contributed by atoms with Gasteiger partial charge in [0.15, 0.2) is 0 Å². The van der Waals surface area contributed by atoms with Gasteiger partial charge in [0.1, 0.15) is 0 Å². The minimum Gasteiger partial charge on any atom is -0.469 e. The number of carbonyl (C=O) groups excluding carboxylic acids is 1. The zero-order valence-corrected chi connectivity index (χ0v) is 10.1. The highest BCUT2D eigenvalue weighted by Gasteiger charge is 2.30. The molecule has 0 fully saturated rings. The number of esters is 1. The first kappa shape index (κ1) is 13.6. The van der Waals surface area contributed by atoms with E-state index in [0.29, 0.717) is 19.3 Å². The molecule has 0 amide bonds. The van der Waals surface area contributed by atoms with Gasteiger partial charge in [0.25, 0.3) is 0 Å². The normalized spacial score (nSPS) is 13.9. The number of carbonyl (C=O) groups is 1. The van der Waals surface area contributed by atoms with Crippen LogP contribution in [0.25, 0.3) is 0 Å². The van der Waals surface area contributed by atoms with Crippen LogP contribution in [-0.2, 0) is 9.53 Å². The van der Waals surface area contributed by atoms with E-state index in [-0.39, 0.29) is 5.97 Å². The molecule has 78 valence electrons. The van der Waals surface area contributed by atoms with Crippen LogP contribution < -0.4 is 0 Å². The molecular weight excluding hydrogens is 258 g/mol. The maximum absolute atomic E-state index is 10.7. The van der Waals surface area contributed by atoms with Crippen molar-refractivity contribution < 1.29 is 9.53 Å². The number of alkyl halides is 4. The summed E-state index contributed by atoms with van der Waals surface area (Å²) in [4.78, 5) is 10.7. The molecule has 2 nitrogen and oxygen atoms in total. The summed E-state index contributed by atoms with van der Waals surface area (Å²) >= 11 is 22.3. The molecule has 0 heterocycles. The summed E-state index contributed by atoms with van der Waals surface area (Å²) in [5, 5.41) is -0.581. The van der Waals surface area contributed by atoms with Gasteiger partial charge in [0, 0.05) is 6.42 Å². The summed E-state index contributed by atoms with van der Waals surface area (Å²) < 4.78 is 2.96. The third-order valence-electron chi connectivity index (χ3n) is 1.42. The zero-order valence-electron chi connectivity index (χ0n) is 7.03. The molecule has 0 aliphatic rings. The predicted molar refractivity (Wildman–Crippen MR) is 55.8 cm³/mol. The molecule has 0 N–H and O–H groups in total. The standard InChI is InChI=1S/C7H10Cl4O2/c1-13-6(12)4-2-3-5(8)7(9,10)11/h5H,2-4H2,1H3. The Morgan fingerprint density at radius 2 is 2.00 bits per heavy atom. The summed E-state index contributed by atoms with van der Waals surface area (Å²) in [6.45, 7) is 0. The average molecular weight is 268 g/mol. The van der Waals surface area contributed by atoms with Gasteiger partial charge < -0.3 is 4.74 Å². The third kappa shape index (κ3) is 6.67. The lowest BCUT2D eigenvalue weighted by molar-refractivity contribution is -0.140. The van der Waals surface area contributed by atoms with E-state index >= 15 is 0 Å². The SMILES string of the molecule is COC(=O)CCCC(Cl)C(Cl)(Cl)Cl. The third-order valence-corrected chi connectivity index (χ3v) is 3.09. The van der Waals surface area contributed by atoms with E-state index < -0.39 is 9.17 Å². The monoisotopic (exact) mass is 266 g/mol. The number of rotatable bonds is 4. The Balaban J connectivity index is 3.60. The van der Waals surface area contributed by atoms with Gasteiger partial charge in [0.2, 0.25) is 3.79 Å². The van der Waals surface area contributed by atoms with E-state index in [1.165, 1.54) is 7.11 Å². The smallest absolute Gasteiger partial charge is 0.305 e. The van der Waals surface area contributed by atoms with Crippen molar-refractivity contribution in [3.05, 3.63) is 0 Å². The molecule has 0 radical (unpaired) electrons. The van der Waals surface area contributed by atoms with Crippen LogP contribution in [-0.4, -0.2) is 22.2 Å². The number of hydrogen-bond acceptors (Lipinski definition) is 2. The fourth-order valence-electron chi connectivity index (χ4n) is 0.691. The number of hydrogen-bond donors (Lipinski definition) is 0. The second-order valence-electron chi connectivity index (χ2n) is 2.48. The minimum atomic E-state index is -1.47. The molecule has 6 heteroatoms. The first-order valence-electron chi connectivity index (χ1n) is 3.65. The summed E-state index contributed by atoms with van der Waals surface area (Å²) in [7, 11) is 1.33. The fourth-order valence-corrected chi connectivity index (χ4v) is 1.17. The molecule has 0 spiro atoms. The van der Waals surface area contributed by atoms with E-state index in [2.05, 4.69) is 4.74 Å². The minimum absolute atomic E-state index is 0.284. The number of ether oxygens (including phenoxy) is 1. The highest BCUT2D eigenvalue weighted by molar-refractivity contribution is 6.70. The lowest BCUT2D eigenvalue weighted by atomic mass is 10.2. The zero-order chi connectivity index (χ0) is 10.5. The Labute approximate surface area is 97.4 Å². The molecule has 0 rings (SSSR count). The van der Waals surface area contributed by atoms with E-state index in [9.17, 15) is 4.79 Å². The summed E-state index contributed by atoms with van der Waals surface area (Å²) in [5.41, 5.74) is 0. The van der Waals surface area contributed by atoms with Gasteiger partial charge in [-0.3, -0.25) is 4.79 Å². The summed E-state index contributed by atoms with van der Waals surface area (Å²) in [5.74, 6) is -0.284. The number of methoxy groups -OCH3 is 1. The predicted octanol–water partition coefficient (Wildman–Crippen LogP) is 3.31. The van der Waals surface area contributed by atoms with Crippen molar-refractivity contribution in [3.8, 4) is 0 Å². The Morgan fingerprint density at radius 1 is 1.46 bits per heavy atom. The van der Waals surface area contributed by atoms with Gasteiger partial charge in [-0.2, -0.15) is 0 Å². The first-order chi connectivity index (χ1) is 5.88. The van der Waals surface area contributed by atoms with Gasteiger partial charge in [-0.15, -0.1) is 11.6 Å². The summed E-state index contributed by atoms with van der Waals surface area (Å²) in [6.07, 6.45) is 1.31. The van der Waals surface area contributed by atoms with Gasteiger partial charge in [-0.05, 0) is 12.8 Å². The van der Waals surface area contributed by atoms with Crippen LogP contribution in [0.15, 0.2) is 0 Å². The van der Waals surface area contributed by atoms with Gasteiger partial charge in [-0.1, -0.05) is 34.8 Å². The van der Waals surface area contributed by atoms with E-state index in [0.717, 1.165) is 0 Å². The molecule has 1 unspecified atom stereocenters. The van der Waals surface area contributed by atoms with E-state index in [4.69, 9.17) is 46.4 Å². The average Bonchev–Trinajstić information content (AvgIpc) is 2.02. The van der Waals surface area contributed by atoms with E-state index in [1.54, 1.807) is 0 Å². The topological polar surface area (TPSA) is 26.3 Å². The Bertz CT molecular complexity index is 166. The quantitative estimate of drug-likeness (QED) is 0.577. The Morgan fingerprint density at radius 3 is 2.38 bits per heavy atom. The maximum Gasteiger partial charge on any atom is 0.305 e. The van der Waals surface area contributed by atoms with Crippen molar-refractivity contribution in [2.45, 2.75) is 28.4 Å². The Kier molecular flexibility index (Phi) is 6.48. The Hall–Kier alpha value is 0.630. The second-order valence-corrected chi connectivity index (χ2v) is 5.37. The molecule has 0 saturated carbocycles. The highest BCUT2D eigenvalue weighted by Crippen LogP contribution is 2.36. The molecule has 0 aromatic heterocycles. The highest BCUT2D eigenvalue weighted by atomic mass is 35.6. The molecule has 1 atom stereocenters. The molecule has 0 aromatic carbocycles. The lowest BCUT2D eigenvalue weighted by Gasteiger charge is -2.17. The van der Waals surface area contributed by atoms with Gasteiger partial charge in [0.05, 0.1) is 12.5 Å². The van der Waals surface area contributed by atoms with Crippen molar-refractivity contribution in [2.75, 3.05) is 7.11 Å². The molecule has 0 aliphatic carbocycles. The van der Waals surface area contributed by atoms with E-state index in [1.807, 2.05) is 0 Å². The van der Waals surface area contributed by atoms with Crippen LogP contribution in [0.4, 0.5) is 0 Å². The molecular formula is C7H10Cl4O2. The van der Waals surface area contributed by atoms with Crippen molar-refractivity contribution in [3.63, 3.8) is 0 Å². The van der Waals surface area contributed by atoms with Crippen LogP contribution in [0.3, 0.4) is 0 Å². The van der Waals surface area contributed by atoms with Crippen LogP contribution in [0.1, 0.15) is 19.3 Å². The van der Waals surface area contributed by atoms with Gasteiger partial charge in [-0.25, -0.2) is 0 Å². The van der Waals surface area contributed by atoms with Crippen LogP contribution in [0, 0.1) is 0 Å². The molecule has 0 aromatic rings. The summed E-state index contributed by atoms with van der Waals surface area (Å²) in [6, 6.07) is 0. The van der Waals surface area contributed by atoms with Crippen molar-refractivity contribution in [1.29, 1.82) is 0 Å². The first-order valence-corrected chi connectivity index (χ1v) is 5.22. The van der Waals surface area contributed by atoms with Crippen LogP contribution in [0.2, 0.25) is 0 Å². The molecule has 0 saturated heterocycles. The fraction of sp³-hybridized carbons (Fsp3) is 0.857. The maximum atomic E-state index is 10.7. The van der Waals surface area contributed by atoms with Crippen LogP contribution in [0.5, 0.6) is 0 Å². The van der Waals surface area contributed by atoms with Crippen molar-refractivity contribution in [2.24, 2.45) is 0 Å². The van der Waals surface area contributed by atoms with Gasteiger partial charge >= 0.3 is 5.97 Å². The number of halogens is 4. The van der Waals surface area contributed by atoms with Crippen molar-refractivity contribution in [1.82, 2.24) is 0 Å². The second kappa shape index (κ2) is 6.18. The lowest BCUT2D eigenvalue weighted by Crippen LogP contribution is -2.19. The molecule has 0 aliphatic heterocycles. The largest absolute Gasteiger partial charge is 0.469 e.